The van der Waals surface area contributed by atoms with E-state index in [9.17, 15) is 5.26 Å². The Kier molecular flexibility index (Phi) is 8.83. The van der Waals surface area contributed by atoms with E-state index in [1.54, 1.807) is 12.1 Å². The summed E-state index contributed by atoms with van der Waals surface area (Å²) in [6, 6.07) is 75.7. The van der Waals surface area contributed by atoms with Gasteiger partial charge in [-0.15, -0.1) is 0 Å². The number of fused-ring (bicyclic) bond motifs is 3. The Morgan fingerprint density at radius 2 is 0.897 bits per heavy atom. The zero-order chi connectivity index (χ0) is 38.8. The van der Waals surface area contributed by atoms with Crippen LogP contribution in [0.25, 0.3) is 72.5 Å². The molecule has 58 heavy (non-hydrogen) atoms. The molecule has 0 aliphatic carbocycles. The first kappa shape index (κ1) is 34.4. The number of nitrogens with zero attached hydrogens (tertiary/aromatic N) is 5. The quantitative estimate of drug-likeness (QED) is 0.156. The fourth-order valence-corrected chi connectivity index (χ4v) is 7.79. The van der Waals surface area contributed by atoms with Gasteiger partial charge in [-0.2, -0.15) is 5.26 Å². The SMILES string of the molecule is N#Cc1ccc(-c2nc(-c3ccccc3)cc(-c3ccc(-c4ccc(-n5c6ccccc6c6cc(N(c7ccccc7)c7ccccc7)ccc65)cc4)cc3)n2)cc1. The largest absolute Gasteiger partial charge is 0.310 e. The smallest absolute Gasteiger partial charge is 0.160 e. The monoisotopic (exact) mass is 741 g/mol. The van der Waals surface area contributed by atoms with Gasteiger partial charge < -0.3 is 9.47 Å². The Morgan fingerprint density at radius 1 is 0.397 bits per heavy atom. The lowest BCUT2D eigenvalue weighted by Gasteiger charge is -2.25. The molecule has 8 aromatic carbocycles. The predicted molar refractivity (Wildman–Crippen MR) is 238 cm³/mol. The van der Waals surface area contributed by atoms with Crippen LogP contribution in [0.2, 0.25) is 0 Å². The van der Waals surface area contributed by atoms with Crippen LogP contribution in [-0.4, -0.2) is 14.5 Å². The van der Waals surface area contributed by atoms with Gasteiger partial charge in [-0.25, -0.2) is 9.97 Å². The fraction of sp³-hybridized carbons (Fsp3) is 0. The predicted octanol–water partition coefficient (Wildman–Crippen LogP) is 13.6. The van der Waals surface area contributed by atoms with Crippen LogP contribution in [-0.2, 0) is 0 Å². The van der Waals surface area contributed by atoms with Crippen LogP contribution in [0.15, 0.2) is 212 Å². The first-order valence-electron chi connectivity index (χ1n) is 19.3. The molecule has 0 aliphatic rings. The minimum absolute atomic E-state index is 0.602. The highest BCUT2D eigenvalue weighted by atomic mass is 15.1. The van der Waals surface area contributed by atoms with Gasteiger partial charge in [0, 0.05) is 50.2 Å². The molecule has 0 bridgehead atoms. The number of rotatable bonds is 8. The Bertz CT molecular complexity index is 3040. The molecule has 5 nitrogen and oxygen atoms in total. The van der Waals surface area contributed by atoms with Crippen molar-refractivity contribution in [3.63, 3.8) is 0 Å². The summed E-state index contributed by atoms with van der Waals surface area (Å²) in [5, 5.41) is 11.7. The van der Waals surface area contributed by atoms with Gasteiger partial charge in [-0.1, -0.05) is 121 Å². The molecule has 5 heteroatoms. The molecule has 0 radical (unpaired) electrons. The van der Waals surface area contributed by atoms with Crippen molar-refractivity contribution < 1.29 is 0 Å². The summed E-state index contributed by atoms with van der Waals surface area (Å²) in [4.78, 5) is 12.2. The highest BCUT2D eigenvalue weighted by Gasteiger charge is 2.17. The zero-order valence-corrected chi connectivity index (χ0v) is 31.4. The molecule has 0 unspecified atom stereocenters. The van der Waals surface area contributed by atoms with Gasteiger partial charge in [0.2, 0.25) is 0 Å². The van der Waals surface area contributed by atoms with Crippen LogP contribution in [0.4, 0.5) is 17.1 Å². The molecular formula is C53H35N5. The molecule has 10 aromatic rings. The van der Waals surface area contributed by atoms with Gasteiger partial charge >= 0.3 is 0 Å². The molecule has 0 saturated heterocycles. The summed E-state index contributed by atoms with van der Waals surface area (Å²) in [6.45, 7) is 0. The summed E-state index contributed by atoms with van der Waals surface area (Å²) in [5.41, 5.74) is 14.2. The van der Waals surface area contributed by atoms with E-state index in [2.05, 4.69) is 179 Å². The summed E-state index contributed by atoms with van der Waals surface area (Å²) < 4.78 is 2.36. The van der Waals surface area contributed by atoms with Crippen molar-refractivity contribution in [1.82, 2.24) is 14.5 Å². The molecule has 0 N–H and O–H groups in total. The van der Waals surface area contributed by atoms with Crippen LogP contribution in [0.5, 0.6) is 0 Å². The number of nitriles is 1. The van der Waals surface area contributed by atoms with Crippen LogP contribution in [0.1, 0.15) is 5.56 Å². The Labute approximate surface area is 337 Å². The highest BCUT2D eigenvalue weighted by molar-refractivity contribution is 6.10. The van der Waals surface area contributed by atoms with Crippen molar-refractivity contribution in [3.8, 4) is 56.8 Å². The third-order valence-electron chi connectivity index (χ3n) is 10.7. The van der Waals surface area contributed by atoms with E-state index in [0.29, 0.717) is 11.4 Å². The summed E-state index contributed by atoms with van der Waals surface area (Å²) in [7, 11) is 0. The van der Waals surface area contributed by atoms with Gasteiger partial charge in [0.05, 0.1) is 34.1 Å². The second-order valence-electron chi connectivity index (χ2n) is 14.2. The van der Waals surface area contributed by atoms with Crippen LogP contribution >= 0.6 is 0 Å². The Morgan fingerprint density at radius 3 is 1.52 bits per heavy atom. The molecule has 0 fully saturated rings. The summed E-state index contributed by atoms with van der Waals surface area (Å²) in [6.07, 6.45) is 0. The van der Waals surface area contributed by atoms with E-state index in [1.807, 2.05) is 36.4 Å². The molecule has 10 rings (SSSR count). The van der Waals surface area contributed by atoms with E-state index in [4.69, 9.17) is 9.97 Å². The maximum Gasteiger partial charge on any atom is 0.160 e. The maximum absolute atomic E-state index is 9.32. The van der Waals surface area contributed by atoms with Crippen molar-refractivity contribution in [1.29, 1.82) is 5.26 Å². The van der Waals surface area contributed by atoms with Gasteiger partial charge in [0.15, 0.2) is 5.82 Å². The van der Waals surface area contributed by atoms with Crippen molar-refractivity contribution >= 4 is 38.9 Å². The van der Waals surface area contributed by atoms with Gasteiger partial charge in [0.25, 0.3) is 0 Å². The second kappa shape index (κ2) is 14.9. The fourth-order valence-electron chi connectivity index (χ4n) is 7.79. The zero-order valence-electron chi connectivity index (χ0n) is 31.4. The van der Waals surface area contributed by atoms with Crippen molar-refractivity contribution in [2.75, 3.05) is 4.90 Å². The van der Waals surface area contributed by atoms with E-state index in [-0.39, 0.29) is 0 Å². The lowest BCUT2D eigenvalue weighted by Crippen LogP contribution is -2.09. The number of anilines is 3. The Hall–Kier alpha value is -8.07. The highest BCUT2D eigenvalue weighted by Crippen LogP contribution is 2.40. The first-order valence-corrected chi connectivity index (χ1v) is 19.3. The Balaban J connectivity index is 0.988. The molecule has 2 aromatic heterocycles. The average molecular weight is 742 g/mol. The van der Waals surface area contributed by atoms with E-state index >= 15 is 0 Å². The first-order chi connectivity index (χ1) is 28.7. The van der Waals surface area contributed by atoms with Crippen LogP contribution in [0, 0.1) is 11.3 Å². The van der Waals surface area contributed by atoms with E-state index in [1.165, 1.54) is 10.8 Å². The maximum atomic E-state index is 9.32. The van der Waals surface area contributed by atoms with Crippen LogP contribution in [0.3, 0.4) is 0 Å². The second-order valence-corrected chi connectivity index (χ2v) is 14.2. The number of aromatic nitrogens is 3. The van der Waals surface area contributed by atoms with Crippen molar-refractivity contribution in [2.24, 2.45) is 0 Å². The van der Waals surface area contributed by atoms with Gasteiger partial charge in [-0.05, 0) is 102 Å². The lowest BCUT2D eigenvalue weighted by atomic mass is 10.0. The number of hydrogen-bond donors (Lipinski definition) is 0. The van der Waals surface area contributed by atoms with Gasteiger partial charge in [0.1, 0.15) is 0 Å². The van der Waals surface area contributed by atoms with E-state index in [0.717, 1.165) is 73.0 Å². The number of hydrogen-bond acceptors (Lipinski definition) is 4. The molecule has 272 valence electrons. The third kappa shape index (κ3) is 6.45. The van der Waals surface area contributed by atoms with Crippen LogP contribution < -0.4 is 4.90 Å². The number of benzene rings is 8. The van der Waals surface area contributed by atoms with Crippen molar-refractivity contribution in [2.45, 2.75) is 0 Å². The molecule has 0 saturated carbocycles. The molecule has 0 atom stereocenters. The van der Waals surface area contributed by atoms with Gasteiger partial charge in [-0.3, -0.25) is 0 Å². The standard InChI is InChI=1S/C53H35N5/c54-36-37-20-22-42(23-21-37)53-55-49(40-12-4-1-5-13-40)35-50(56-53)41-26-24-38(25-27-41)39-28-30-45(31-29-39)58-51-19-11-10-18-47(51)48-34-46(32-33-52(48)58)57(43-14-6-2-7-15-43)44-16-8-3-9-17-44/h1-35H. The minimum atomic E-state index is 0.602. The lowest BCUT2D eigenvalue weighted by molar-refractivity contribution is 1.18. The molecule has 2 heterocycles. The minimum Gasteiger partial charge on any atom is -0.310 e. The summed E-state index contributed by atoms with van der Waals surface area (Å²) >= 11 is 0. The third-order valence-corrected chi connectivity index (χ3v) is 10.7. The molecule has 0 spiro atoms. The molecule has 0 amide bonds. The normalized spacial score (nSPS) is 11.1. The topological polar surface area (TPSA) is 57.7 Å². The summed E-state index contributed by atoms with van der Waals surface area (Å²) in [5.74, 6) is 0.617. The number of para-hydroxylation sites is 3. The van der Waals surface area contributed by atoms with Crippen molar-refractivity contribution in [3.05, 3.63) is 218 Å². The molecular weight excluding hydrogens is 707 g/mol. The van der Waals surface area contributed by atoms with E-state index < -0.39 is 0 Å². The average Bonchev–Trinajstić information content (AvgIpc) is 3.64. The molecule has 0 aliphatic heterocycles.